The highest BCUT2D eigenvalue weighted by atomic mass is 32.2. The first-order valence-corrected chi connectivity index (χ1v) is 8.43. The predicted molar refractivity (Wildman–Crippen MR) is 84.0 cm³/mol. The van der Waals surface area contributed by atoms with Gasteiger partial charge >= 0.3 is 6.09 Å². The maximum Gasteiger partial charge on any atom is 0.407 e. The second-order valence-electron chi connectivity index (χ2n) is 4.54. The van der Waals surface area contributed by atoms with Crippen LogP contribution >= 0.6 is 0 Å². The lowest BCUT2D eigenvalue weighted by atomic mass is 10.1. The van der Waals surface area contributed by atoms with Gasteiger partial charge in [-0.25, -0.2) is 4.79 Å². The number of alkyl carbamates (subject to hydrolysis) is 1. The van der Waals surface area contributed by atoms with Crippen molar-refractivity contribution in [3.8, 4) is 0 Å². The zero-order chi connectivity index (χ0) is 16.3. The van der Waals surface area contributed by atoms with E-state index in [0.29, 0.717) is 6.61 Å². The second-order valence-corrected chi connectivity index (χ2v) is 5.80. The number of carbonyl (C=O) groups is 2. The summed E-state index contributed by atoms with van der Waals surface area (Å²) in [6, 6.07) is -0.824. The van der Waals surface area contributed by atoms with Crippen LogP contribution in [0, 0.1) is 0 Å². The van der Waals surface area contributed by atoms with Gasteiger partial charge in [0.2, 0.25) is 5.91 Å². The molecule has 1 unspecified atom stereocenters. The number of hydrogen-bond donors (Lipinski definition) is 2. The Bertz CT molecular complexity index is 383. The van der Waals surface area contributed by atoms with E-state index in [1.54, 1.807) is 0 Å². The van der Waals surface area contributed by atoms with Crippen molar-refractivity contribution in [3.05, 3.63) is 23.6 Å². The largest absolute Gasteiger partial charge is 0.612 e. The van der Waals surface area contributed by atoms with Crippen molar-refractivity contribution in [2.24, 2.45) is 5.73 Å². The summed E-state index contributed by atoms with van der Waals surface area (Å²) in [5.41, 5.74) is 5.13. The van der Waals surface area contributed by atoms with Gasteiger partial charge < -0.3 is 20.3 Å². The Morgan fingerprint density at radius 1 is 1.43 bits per heavy atom. The smallest absolute Gasteiger partial charge is 0.407 e. The number of carbonyl (C=O) groups excluding carboxylic acids is 2. The fourth-order valence-electron chi connectivity index (χ4n) is 1.46. The highest BCUT2D eigenvalue weighted by Crippen LogP contribution is 2.04. The molecule has 0 aromatic rings. The first-order valence-electron chi connectivity index (χ1n) is 6.81. The number of nitrogens with one attached hydrogen (secondary N) is 1. The number of primary amides is 1. The van der Waals surface area contributed by atoms with Gasteiger partial charge in [-0.2, -0.15) is 0 Å². The van der Waals surface area contributed by atoms with Gasteiger partial charge in [0.05, 0.1) is 18.9 Å². The molecule has 0 spiro atoms. The standard InChI is InChI=1S/C14H24N2O4S/c1-4-5-6-7-9-20-14(18)16-12(8-10-21(3)19)11(2)13(15)17/h8,10,12H,2,4-7,9H2,1,3H3,(H2,15,17)(H,16,18)/b10-8+/t12-,21?/m0/s1. The number of nitrogens with two attached hydrogens (primary N) is 1. The van der Waals surface area contributed by atoms with Crippen molar-refractivity contribution in [1.82, 2.24) is 5.32 Å². The maximum atomic E-state index is 11.6. The lowest BCUT2D eigenvalue weighted by Gasteiger charge is -2.15. The van der Waals surface area contributed by atoms with Crippen molar-refractivity contribution in [2.45, 2.75) is 38.6 Å². The molecule has 0 saturated carbocycles. The lowest BCUT2D eigenvalue weighted by Crippen LogP contribution is -2.39. The summed E-state index contributed by atoms with van der Waals surface area (Å²) in [5.74, 6) is -0.741. The minimum absolute atomic E-state index is 0.000340. The molecule has 21 heavy (non-hydrogen) atoms. The molecule has 7 heteroatoms. The summed E-state index contributed by atoms with van der Waals surface area (Å²) in [4.78, 5) is 22.7. The number of amides is 2. The third-order valence-electron chi connectivity index (χ3n) is 2.66. The van der Waals surface area contributed by atoms with Gasteiger partial charge in [0.25, 0.3) is 0 Å². The minimum Gasteiger partial charge on any atom is -0.612 e. The fourth-order valence-corrected chi connectivity index (χ4v) is 1.83. The van der Waals surface area contributed by atoms with Crippen LogP contribution in [0.1, 0.15) is 32.6 Å². The number of hydrogen-bond acceptors (Lipinski definition) is 4. The highest BCUT2D eigenvalue weighted by Gasteiger charge is 2.18. The molecule has 0 aliphatic rings. The van der Waals surface area contributed by atoms with Crippen LogP contribution in [0.5, 0.6) is 0 Å². The molecule has 3 N–H and O–H groups in total. The van der Waals surface area contributed by atoms with Crippen LogP contribution in [0.25, 0.3) is 0 Å². The van der Waals surface area contributed by atoms with Gasteiger partial charge in [-0.15, -0.1) is 0 Å². The van der Waals surface area contributed by atoms with Gasteiger partial charge in [0, 0.05) is 5.57 Å². The van der Waals surface area contributed by atoms with E-state index in [1.165, 1.54) is 17.7 Å². The molecular weight excluding hydrogens is 292 g/mol. The Morgan fingerprint density at radius 3 is 2.62 bits per heavy atom. The van der Waals surface area contributed by atoms with Crippen molar-refractivity contribution in [2.75, 3.05) is 12.9 Å². The third kappa shape index (κ3) is 9.97. The lowest BCUT2D eigenvalue weighted by molar-refractivity contribution is -0.114. The van der Waals surface area contributed by atoms with Crippen LogP contribution in [0.2, 0.25) is 0 Å². The Hall–Kier alpha value is -1.47. The average molecular weight is 316 g/mol. The zero-order valence-corrected chi connectivity index (χ0v) is 13.4. The first-order chi connectivity index (χ1) is 9.88. The van der Waals surface area contributed by atoms with Crippen LogP contribution < -0.4 is 11.1 Å². The van der Waals surface area contributed by atoms with Gasteiger partial charge in [-0.3, -0.25) is 4.79 Å². The SMILES string of the molecule is C=C(C(N)=O)[C@H](/C=C/[S+](C)[O-])NC(=O)OCCCCCC. The summed E-state index contributed by atoms with van der Waals surface area (Å²) in [6.07, 6.45) is 6.19. The third-order valence-corrected chi connectivity index (χ3v) is 3.20. The van der Waals surface area contributed by atoms with Crippen molar-refractivity contribution < 1.29 is 18.9 Å². The second kappa shape index (κ2) is 11.2. The fraction of sp³-hybridized carbons (Fsp3) is 0.571. The Balaban J connectivity index is 4.35. The summed E-state index contributed by atoms with van der Waals surface area (Å²) in [6.45, 7) is 5.92. The van der Waals surface area contributed by atoms with E-state index < -0.39 is 29.2 Å². The van der Waals surface area contributed by atoms with Crippen molar-refractivity contribution >= 4 is 23.2 Å². The topological polar surface area (TPSA) is 104 Å². The molecule has 0 heterocycles. The maximum absolute atomic E-state index is 11.6. The molecular formula is C14H24N2O4S. The minimum atomic E-state index is -1.21. The van der Waals surface area contributed by atoms with Crippen LogP contribution in [0.3, 0.4) is 0 Å². The Kier molecular flexibility index (Phi) is 10.4. The van der Waals surface area contributed by atoms with E-state index in [9.17, 15) is 14.1 Å². The van der Waals surface area contributed by atoms with Crippen molar-refractivity contribution in [3.63, 3.8) is 0 Å². The van der Waals surface area contributed by atoms with Crippen LogP contribution in [-0.2, 0) is 20.7 Å². The molecule has 120 valence electrons. The van der Waals surface area contributed by atoms with E-state index in [4.69, 9.17) is 10.5 Å². The van der Waals surface area contributed by atoms with Gasteiger partial charge in [-0.1, -0.05) is 32.8 Å². The summed E-state index contributed by atoms with van der Waals surface area (Å²) in [5, 5.41) is 3.81. The molecule has 0 radical (unpaired) electrons. The number of ether oxygens (including phenoxy) is 1. The van der Waals surface area contributed by atoms with E-state index in [2.05, 4.69) is 18.8 Å². The molecule has 0 aromatic heterocycles. The first kappa shape index (κ1) is 19.5. The quantitative estimate of drug-likeness (QED) is 0.363. The molecule has 6 nitrogen and oxygen atoms in total. The van der Waals surface area contributed by atoms with Crippen LogP contribution in [0.15, 0.2) is 23.6 Å². The molecule has 0 saturated heterocycles. The number of unbranched alkanes of at least 4 members (excludes halogenated alkanes) is 3. The van der Waals surface area contributed by atoms with E-state index in [1.807, 2.05) is 0 Å². The van der Waals surface area contributed by atoms with E-state index in [0.717, 1.165) is 25.7 Å². The monoisotopic (exact) mass is 316 g/mol. The van der Waals surface area contributed by atoms with E-state index >= 15 is 0 Å². The van der Waals surface area contributed by atoms with E-state index in [-0.39, 0.29) is 5.57 Å². The van der Waals surface area contributed by atoms with Gasteiger partial charge in [-0.05, 0) is 23.7 Å². The average Bonchev–Trinajstić information content (AvgIpc) is 2.42. The highest BCUT2D eigenvalue weighted by molar-refractivity contribution is 7.93. The molecule has 0 aromatic carbocycles. The Labute approximate surface area is 129 Å². The van der Waals surface area contributed by atoms with Gasteiger partial charge in [0.15, 0.2) is 0 Å². The van der Waals surface area contributed by atoms with Crippen LogP contribution in [0.4, 0.5) is 4.79 Å². The molecule has 0 aliphatic heterocycles. The van der Waals surface area contributed by atoms with Gasteiger partial charge in [0.1, 0.15) is 5.41 Å². The molecule has 2 atom stereocenters. The molecule has 0 bridgehead atoms. The zero-order valence-electron chi connectivity index (χ0n) is 12.6. The molecule has 0 aliphatic carbocycles. The summed E-state index contributed by atoms with van der Waals surface area (Å²) in [7, 11) is 0. The molecule has 0 fully saturated rings. The van der Waals surface area contributed by atoms with Crippen molar-refractivity contribution in [1.29, 1.82) is 0 Å². The Morgan fingerprint density at radius 2 is 2.10 bits per heavy atom. The summed E-state index contributed by atoms with van der Waals surface area (Å²) >= 11 is -1.21. The summed E-state index contributed by atoms with van der Waals surface area (Å²) < 4.78 is 16.0. The van der Waals surface area contributed by atoms with Crippen LogP contribution in [-0.4, -0.2) is 35.5 Å². The molecule has 0 rings (SSSR count). The number of rotatable bonds is 10. The predicted octanol–water partition coefficient (Wildman–Crippen LogP) is 1.60. The molecule has 2 amide bonds. The normalized spacial score (nSPS) is 13.7.